The molecule has 30 heavy (non-hydrogen) atoms. The van der Waals surface area contributed by atoms with Crippen LogP contribution in [-0.4, -0.2) is 39.6 Å². The summed E-state index contributed by atoms with van der Waals surface area (Å²) in [5, 5.41) is 11.7. The fourth-order valence-electron chi connectivity index (χ4n) is 3.25. The van der Waals surface area contributed by atoms with E-state index in [0.29, 0.717) is 18.7 Å². The summed E-state index contributed by atoms with van der Waals surface area (Å²) in [6.07, 6.45) is 0.795. The van der Waals surface area contributed by atoms with Crippen molar-refractivity contribution in [1.82, 2.24) is 16.0 Å². The second-order valence-corrected chi connectivity index (χ2v) is 6.93. The van der Waals surface area contributed by atoms with E-state index in [2.05, 4.69) is 45.2 Å². The zero-order chi connectivity index (χ0) is 21.3. The van der Waals surface area contributed by atoms with Crippen molar-refractivity contribution in [2.45, 2.75) is 13.0 Å². The highest BCUT2D eigenvalue weighted by molar-refractivity contribution is 5.94. The van der Waals surface area contributed by atoms with Crippen molar-refractivity contribution in [2.24, 2.45) is 4.99 Å². The first-order valence-corrected chi connectivity index (χ1v) is 9.95. The molecule has 0 atom stereocenters. The normalized spacial score (nSPS) is 11.2. The molecule has 0 aliphatic rings. The Morgan fingerprint density at radius 3 is 2.53 bits per heavy atom. The minimum absolute atomic E-state index is 0.0730. The van der Waals surface area contributed by atoms with E-state index < -0.39 is 0 Å². The van der Waals surface area contributed by atoms with Crippen molar-refractivity contribution < 1.29 is 9.53 Å². The molecule has 0 spiro atoms. The monoisotopic (exact) mass is 404 g/mol. The van der Waals surface area contributed by atoms with E-state index >= 15 is 0 Å². The zero-order valence-corrected chi connectivity index (χ0v) is 17.7. The van der Waals surface area contributed by atoms with Gasteiger partial charge >= 0.3 is 0 Å². The van der Waals surface area contributed by atoms with E-state index in [4.69, 9.17) is 4.74 Å². The lowest BCUT2D eigenvalue weighted by atomic mass is 10.1. The highest BCUT2D eigenvalue weighted by atomic mass is 16.5. The molecule has 3 N–H and O–H groups in total. The van der Waals surface area contributed by atoms with Gasteiger partial charge in [-0.1, -0.05) is 30.3 Å². The van der Waals surface area contributed by atoms with Crippen molar-refractivity contribution in [3.63, 3.8) is 0 Å². The molecule has 0 heterocycles. The lowest BCUT2D eigenvalue weighted by molar-refractivity contribution is 0.0963. The van der Waals surface area contributed by atoms with Crippen LogP contribution in [0.4, 0.5) is 0 Å². The van der Waals surface area contributed by atoms with Crippen LogP contribution in [-0.2, 0) is 13.0 Å². The highest BCUT2D eigenvalue weighted by Crippen LogP contribution is 2.21. The second-order valence-electron chi connectivity index (χ2n) is 6.93. The predicted octanol–water partition coefficient (Wildman–Crippen LogP) is 3.12. The van der Waals surface area contributed by atoms with Gasteiger partial charge in [-0.3, -0.25) is 9.79 Å². The third kappa shape index (κ3) is 5.50. The summed E-state index contributed by atoms with van der Waals surface area (Å²) in [5.41, 5.74) is 2.95. The van der Waals surface area contributed by atoms with Crippen molar-refractivity contribution in [2.75, 3.05) is 27.7 Å². The Balaban J connectivity index is 1.52. The third-order valence-corrected chi connectivity index (χ3v) is 4.92. The molecule has 3 aromatic rings. The maximum absolute atomic E-state index is 11.8. The quantitative estimate of drug-likeness (QED) is 0.418. The lowest BCUT2D eigenvalue weighted by Crippen LogP contribution is -2.37. The average molecular weight is 405 g/mol. The summed E-state index contributed by atoms with van der Waals surface area (Å²) in [6.45, 7) is 1.39. The van der Waals surface area contributed by atoms with Crippen LogP contribution in [0.2, 0.25) is 0 Å². The molecule has 0 aliphatic carbocycles. The van der Waals surface area contributed by atoms with Gasteiger partial charge < -0.3 is 20.7 Å². The Labute approximate surface area is 177 Å². The summed E-state index contributed by atoms with van der Waals surface area (Å²) >= 11 is 0. The Morgan fingerprint density at radius 1 is 0.967 bits per heavy atom. The first kappa shape index (κ1) is 21.2. The van der Waals surface area contributed by atoms with E-state index in [0.717, 1.165) is 29.1 Å². The van der Waals surface area contributed by atoms with Crippen LogP contribution in [0.5, 0.6) is 5.75 Å². The lowest BCUT2D eigenvalue weighted by Gasteiger charge is -2.13. The van der Waals surface area contributed by atoms with E-state index in [1.807, 2.05) is 36.4 Å². The fraction of sp³-hybridized carbons (Fsp3) is 0.250. The van der Waals surface area contributed by atoms with Crippen LogP contribution in [0.15, 0.2) is 65.7 Å². The number of hydrogen-bond acceptors (Lipinski definition) is 3. The number of aliphatic imine (C=N–C) groups is 1. The fourth-order valence-corrected chi connectivity index (χ4v) is 3.25. The maximum atomic E-state index is 11.8. The van der Waals surface area contributed by atoms with Crippen LogP contribution in [0, 0.1) is 0 Å². The molecule has 3 aromatic carbocycles. The summed E-state index contributed by atoms with van der Waals surface area (Å²) in [7, 11) is 5.07. The summed E-state index contributed by atoms with van der Waals surface area (Å²) in [5.74, 6) is 1.53. The molecular weight excluding hydrogens is 376 g/mol. The molecule has 0 unspecified atom stereocenters. The summed E-state index contributed by atoms with van der Waals surface area (Å²) in [4.78, 5) is 16.1. The van der Waals surface area contributed by atoms with E-state index in [9.17, 15) is 4.79 Å². The molecule has 0 aromatic heterocycles. The Bertz CT molecular complexity index is 1050. The predicted molar refractivity (Wildman–Crippen MR) is 122 cm³/mol. The number of benzene rings is 3. The van der Waals surface area contributed by atoms with Crippen LogP contribution in [0.3, 0.4) is 0 Å². The van der Waals surface area contributed by atoms with Crippen LogP contribution in [0.25, 0.3) is 10.8 Å². The number of amides is 1. The molecule has 0 radical (unpaired) electrons. The molecule has 0 bridgehead atoms. The first-order chi connectivity index (χ1) is 14.6. The Hall–Kier alpha value is -3.54. The van der Waals surface area contributed by atoms with Crippen LogP contribution in [0.1, 0.15) is 21.5 Å². The third-order valence-electron chi connectivity index (χ3n) is 4.92. The van der Waals surface area contributed by atoms with Crippen molar-refractivity contribution in [1.29, 1.82) is 0 Å². The number of ether oxygens (including phenoxy) is 1. The Kier molecular flexibility index (Phi) is 7.27. The van der Waals surface area contributed by atoms with Gasteiger partial charge in [0, 0.05) is 32.7 Å². The van der Waals surface area contributed by atoms with Gasteiger partial charge in [0.05, 0.1) is 7.11 Å². The van der Waals surface area contributed by atoms with E-state index in [1.165, 1.54) is 10.9 Å². The number of carbonyl (C=O) groups excluding carboxylic acids is 1. The van der Waals surface area contributed by atoms with Gasteiger partial charge in [0.2, 0.25) is 0 Å². The number of rotatable bonds is 7. The molecule has 3 rings (SSSR count). The number of carbonyl (C=O) groups is 1. The van der Waals surface area contributed by atoms with Gasteiger partial charge in [-0.2, -0.15) is 0 Å². The van der Waals surface area contributed by atoms with Crippen LogP contribution < -0.4 is 20.7 Å². The summed E-state index contributed by atoms with van der Waals surface area (Å²) in [6, 6.07) is 20.1. The van der Waals surface area contributed by atoms with Gasteiger partial charge in [0.15, 0.2) is 5.96 Å². The SMILES string of the molecule is CN=C(NCCc1cccc(C(=O)NC)c1)NCc1ccc2cc(OC)ccc2c1. The van der Waals surface area contributed by atoms with Gasteiger partial charge in [-0.15, -0.1) is 0 Å². The number of hydrogen-bond donors (Lipinski definition) is 3. The molecular formula is C24H28N4O2. The molecule has 0 fully saturated rings. The van der Waals surface area contributed by atoms with Gasteiger partial charge in [0.25, 0.3) is 5.91 Å². The van der Waals surface area contributed by atoms with E-state index in [-0.39, 0.29) is 5.91 Å². The molecule has 6 heteroatoms. The first-order valence-electron chi connectivity index (χ1n) is 9.95. The maximum Gasteiger partial charge on any atom is 0.251 e. The standard InChI is InChI=1S/C24H28N4O2/c1-25-23(29)21-6-4-5-17(13-21)11-12-27-24(26-2)28-16-18-7-8-20-15-22(30-3)10-9-19(20)14-18/h4-10,13-15H,11-12,16H2,1-3H3,(H,25,29)(H2,26,27,28). The molecule has 156 valence electrons. The minimum atomic E-state index is -0.0730. The number of fused-ring (bicyclic) bond motifs is 1. The van der Waals surface area contributed by atoms with Crippen molar-refractivity contribution in [3.05, 3.63) is 77.4 Å². The molecule has 1 amide bonds. The smallest absolute Gasteiger partial charge is 0.251 e. The molecule has 0 saturated carbocycles. The van der Waals surface area contributed by atoms with Crippen LogP contribution >= 0.6 is 0 Å². The number of nitrogens with one attached hydrogen (secondary N) is 3. The minimum Gasteiger partial charge on any atom is -0.497 e. The highest BCUT2D eigenvalue weighted by Gasteiger charge is 2.05. The van der Waals surface area contributed by atoms with Gasteiger partial charge in [-0.25, -0.2) is 0 Å². The Morgan fingerprint density at radius 2 is 1.77 bits per heavy atom. The van der Waals surface area contributed by atoms with E-state index in [1.54, 1.807) is 21.2 Å². The summed E-state index contributed by atoms with van der Waals surface area (Å²) < 4.78 is 5.28. The largest absolute Gasteiger partial charge is 0.497 e. The average Bonchev–Trinajstić information content (AvgIpc) is 2.80. The van der Waals surface area contributed by atoms with Crippen molar-refractivity contribution >= 4 is 22.6 Å². The zero-order valence-electron chi connectivity index (χ0n) is 17.7. The number of nitrogens with zero attached hydrogens (tertiary/aromatic N) is 1. The molecule has 6 nitrogen and oxygen atoms in total. The second kappa shape index (κ2) is 10.3. The van der Waals surface area contributed by atoms with Gasteiger partial charge in [0.1, 0.15) is 5.75 Å². The number of guanidine groups is 1. The van der Waals surface area contributed by atoms with Crippen molar-refractivity contribution in [3.8, 4) is 5.75 Å². The van der Waals surface area contributed by atoms with Gasteiger partial charge in [-0.05, 0) is 58.7 Å². The topological polar surface area (TPSA) is 74.8 Å². The molecule has 0 aliphatic heterocycles. The molecule has 0 saturated heterocycles. The number of methoxy groups -OCH3 is 1.